The molecule has 0 saturated carbocycles. The largest absolute Gasteiger partial charge is 0.456 e. The maximum atomic E-state index is 14.3. The molecule has 2 aliphatic rings. The van der Waals surface area contributed by atoms with Gasteiger partial charge in [0.2, 0.25) is 0 Å². The van der Waals surface area contributed by atoms with Crippen molar-refractivity contribution in [3.8, 4) is 11.5 Å². The summed E-state index contributed by atoms with van der Waals surface area (Å²) in [5, 5.41) is 13.5. The summed E-state index contributed by atoms with van der Waals surface area (Å²) in [5.41, 5.74) is 8.25. The zero-order valence-corrected chi connectivity index (χ0v) is 24.7. The fourth-order valence-electron chi connectivity index (χ4n) is 6.07. The number of fused-ring (bicyclic) bond motifs is 6. The minimum atomic E-state index is -1.02. The van der Waals surface area contributed by atoms with E-state index in [0.717, 1.165) is 63.4 Å². The van der Waals surface area contributed by atoms with E-state index < -0.39 is 5.54 Å². The molecule has 0 saturated heterocycles. The van der Waals surface area contributed by atoms with E-state index in [9.17, 15) is 4.79 Å². The summed E-state index contributed by atoms with van der Waals surface area (Å²) in [6.45, 7) is 11.9. The van der Waals surface area contributed by atoms with Crippen molar-refractivity contribution in [3.63, 3.8) is 0 Å². The van der Waals surface area contributed by atoms with Gasteiger partial charge in [-0.2, -0.15) is 5.10 Å². The molecule has 0 fully saturated rings. The SMILES string of the molecule is CCNc1cc2c(cc1C)C1(c3cc(C)c(NCC)cc3O2)c2ccccc2C(=O)N1/N=C/C(C)=C\c1cccnc1. The second-order valence-corrected chi connectivity index (χ2v) is 10.8. The van der Waals surface area contributed by atoms with Crippen molar-refractivity contribution in [2.24, 2.45) is 5.10 Å². The van der Waals surface area contributed by atoms with Crippen LogP contribution in [0.2, 0.25) is 0 Å². The Morgan fingerprint density at radius 3 is 2.17 bits per heavy atom. The fraction of sp³-hybridized carbons (Fsp3) is 0.229. The molecule has 0 unspecified atom stereocenters. The van der Waals surface area contributed by atoms with Gasteiger partial charge in [-0.15, -0.1) is 0 Å². The molecular formula is C35H35N5O2. The van der Waals surface area contributed by atoms with Crippen LogP contribution in [0.15, 0.2) is 83.7 Å². The van der Waals surface area contributed by atoms with Gasteiger partial charge in [-0.25, -0.2) is 5.01 Å². The van der Waals surface area contributed by atoms with Crippen molar-refractivity contribution in [1.29, 1.82) is 0 Å². The van der Waals surface area contributed by atoms with Gasteiger partial charge < -0.3 is 15.4 Å². The summed E-state index contributed by atoms with van der Waals surface area (Å²) in [7, 11) is 0. The quantitative estimate of drug-likeness (QED) is 0.230. The smallest absolute Gasteiger partial charge is 0.275 e. The minimum absolute atomic E-state index is 0.156. The number of carbonyl (C=O) groups is 1. The Morgan fingerprint density at radius 1 is 0.929 bits per heavy atom. The average Bonchev–Trinajstić information content (AvgIpc) is 3.23. The second-order valence-electron chi connectivity index (χ2n) is 10.8. The van der Waals surface area contributed by atoms with Gasteiger partial charge in [-0.3, -0.25) is 9.78 Å². The van der Waals surface area contributed by atoms with E-state index in [2.05, 4.69) is 55.4 Å². The first kappa shape index (κ1) is 27.3. The summed E-state index contributed by atoms with van der Waals surface area (Å²) in [6, 6.07) is 20.1. The number of anilines is 2. The van der Waals surface area contributed by atoms with E-state index in [1.165, 1.54) is 0 Å². The number of carbonyl (C=O) groups excluding carboxylic acids is 1. The lowest BCUT2D eigenvalue weighted by molar-refractivity contribution is 0.0675. The van der Waals surface area contributed by atoms with Gasteiger partial charge in [-0.05, 0) is 87.2 Å². The highest BCUT2D eigenvalue weighted by Crippen LogP contribution is 2.58. The summed E-state index contributed by atoms with van der Waals surface area (Å²) >= 11 is 0. The predicted octanol–water partition coefficient (Wildman–Crippen LogP) is 7.50. The number of rotatable bonds is 7. The monoisotopic (exact) mass is 557 g/mol. The predicted molar refractivity (Wildman–Crippen MR) is 170 cm³/mol. The van der Waals surface area contributed by atoms with E-state index in [1.807, 2.05) is 61.5 Å². The third kappa shape index (κ3) is 4.33. The van der Waals surface area contributed by atoms with Crippen LogP contribution in [-0.4, -0.2) is 35.2 Å². The number of aromatic nitrogens is 1. The number of hydrazone groups is 1. The molecule has 42 heavy (non-hydrogen) atoms. The lowest BCUT2D eigenvalue weighted by atomic mass is 9.74. The minimum Gasteiger partial charge on any atom is -0.456 e. The van der Waals surface area contributed by atoms with Crippen LogP contribution in [0, 0.1) is 13.8 Å². The van der Waals surface area contributed by atoms with Crippen molar-refractivity contribution in [2.45, 2.75) is 40.2 Å². The lowest BCUT2D eigenvalue weighted by Gasteiger charge is -2.42. The topological polar surface area (TPSA) is 78.9 Å². The van der Waals surface area contributed by atoms with Gasteiger partial charge in [0, 0.05) is 71.2 Å². The Morgan fingerprint density at radius 2 is 1.57 bits per heavy atom. The molecule has 0 radical (unpaired) electrons. The second kappa shape index (κ2) is 10.8. The van der Waals surface area contributed by atoms with E-state index in [4.69, 9.17) is 9.84 Å². The average molecular weight is 558 g/mol. The molecule has 0 bridgehead atoms. The number of aryl methyl sites for hydroxylation is 2. The molecule has 0 atom stereocenters. The number of pyridine rings is 1. The van der Waals surface area contributed by atoms with Gasteiger partial charge in [-0.1, -0.05) is 24.3 Å². The van der Waals surface area contributed by atoms with Crippen molar-refractivity contribution < 1.29 is 9.53 Å². The molecule has 3 aromatic carbocycles. The Hall–Kier alpha value is -4.91. The first-order chi connectivity index (χ1) is 20.4. The Balaban J connectivity index is 1.63. The van der Waals surface area contributed by atoms with E-state index >= 15 is 0 Å². The van der Waals surface area contributed by atoms with Gasteiger partial charge in [0.25, 0.3) is 5.91 Å². The van der Waals surface area contributed by atoms with Crippen molar-refractivity contribution in [3.05, 3.63) is 118 Å². The van der Waals surface area contributed by atoms with E-state index in [0.29, 0.717) is 17.1 Å². The Kier molecular flexibility index (Phi) is 7.02. The third-order valence-corrected chi connectivity index (χ3v) is 7.90. The van der Waals surface area contributed by atoms with Gasteiger partial charge in [0.1, 0.15) is 17.0 Å². The van der Waals surface area contributed by atoms with Crippen LogP contribution < -0.4 is 15.4 Å². The molecule has 2 N–H and O–H groups in total. The summed E-state index contributed by atoms with van der Waals surface area (Å²) < 4.78 is 6.66. The van der Waals surface area contributed by atoms with E-state index in [1.54, 1.807) is 23.6 Å². The van der Waals surface area contributed by atoms with Gasteiger partial charge >= 0.3 is 0 Å². The van der Waals surface area contributed by atoms with Crippen LogP contribution >= 0.6 is 0 Å². The molecule has 3 heterocycles. The molecule has 212 valence electrons. The highest BCUT2D eigenvalue weighted by Gasteiger charge is 2.57. The number of nitrogens with zero attached hydrogens (tertiary/aromatic N) is 3. The lowest BCUT2D eigenvalue weighted by Crippen LogP contribution is -2.44. The first-order valence-electron chi connectivity index (χ1n) is 14.4. The molecule has 4 aromatic rings. The molecule has 0 aliphatic carbocycles. The molecular weight excluding hydrogens is 522 g/mol. The number of allylic oxidation sites excluding steroid dienone is 1. The van der Waals surface area contributed by atoms with Crippen LogP contribution in [0.5, 0.6) is 11.5 Å². The van der Waals surface area contributed by atoms with Crippen LogP contribution in [0.25, 0.3) is 6.08 Å². The molecule has 7 heteroatoms. The van der Waals surface area contributed by atoms with Gasteiger partial charge in [0.05, 0.1) is 6.21 Å². The van der Waals surface area contributed by atoms with E-state index in [-0.39, 0.29) is 5.91 Å². The number of hydrogen-bond acceptors (Lipinski definition) is 6. The third-order valence-electron chi connectivity index (χ3n) is 7.90. The molecule has 6 rings (SSSR count). The maximum Gasteiger partial charge on any atom is 0.275 e. The Bertz CT molecular complexity index is 1680. The van der Waals surface area contributed by atoms with Crippen LogP contribution in [0.1, 0.15) is 64.5 Å². The number of ether oxygens (including phenoxy) is 1. The standard InChI is InChI=1S/C35H35N5O2/c1-6-37-30-18-32-28(16-23(30)4)35(29-17-24(5)31(38-7-2)19-33(29)42-32)27-13-9-8-12-26(27)34(41)40(35)39-20-22(3)15-25-11-10-14-36-21-25/h8-21,37-38H,6-7H2,1-5H3/b22-15-,39-20+. The molecule has 2 aliphatic heterocycles. The maximum absolute atomic E-state index is 14.3. The summed E-state index contributed by atoms with van der Waals surface area (Å²) in [4.78, 5) is 18.5. The molecule has 1 amide bonds. The number of amides is 1. The zero-order chi connectivity index (χ0) is 29.4. The van der Waals surface area contributed by atoms with Crippen LogP contribution in [-0.2, 0) is 5.54 Å². The zero-order valence-electron chi connectivity index (χ0n) is 24.7. The fourth-order valence-corrected chi connectivity index (χ4v) is 6.07. The Labute approximate surface area is 247 Å². The molecule has 7 nitrogen and oxygen atoms in total. The highest BCUT2D eigenvalue weighted by atomic mass is 16.5. The van der Waals surface area contributed by atoms with Crippen molar-refractivity contribution in [1.82, 2.24) is 9.99 Å². The highest BCUT2D eigenvalue weighted by molar-refractivity contribution is 6.03. The normalized spacial score (nSPS) is 14.9. The summed E-state index contributed by atoms with van der Waals surface area (Å²) in [5.74, 6) is 1.24. The molecule has 1 aromatic heterocycles. The summed E-state index contributed by atoms with van der Waals surface area (Å²) in [6.07, 6.45) is 7.31. The molecule has 1 spiro atoms. The number of benzene rings is 3. The van der Waals surface area contributed by atoms with Crippen molar-refractivity contribution >= 4 is 29.6 Å². The number of hydrogen-bond donors (Lipinski definition) is 2. The van der Waals surface area contributed by atoms with Crippen molar-refractivity contribution in [2.75, 3.05) is 23.7 Å². The van der Waals surface area contributed by atoms with Crippen LogP contribution in [0.4, 0.5) is 11.4 Å². The number of nitrogens with one attached hydrogen (secondary N) is 2. The van der Waals surface area contributed by atoms with Crippen LogP contribution in [0.3, 0.4) is 0 Å². The van der Waals surface area contributed by atoms with Gasteiger partial charge in [0.15, 0.2) is 0 Å². The first-order valence-corrected chi connectivity index (χ1v) is 14.4.